The smallest absolute Gasteiger partial charge is 0.142 e. The van der Waals surface area contributed by atoms with E-state index in [0.717, 1.165) is 81.6 Å². The van der Waals surface area contributed by atoms with Gasteiger partial charge in [-0.2, -0.15) is 0 Å². The van der Waals surface area contributed by atoms with Gasteiger partial charge in [0.25, 0.3) is 0 Å². The maximum absolute atomic E-state index is 6.39. The summed E-state index contributed by atoms with van der Waals surface area (Å²) in [6.07, 6.45) is 5.57. The van der Waals surface area contributed by atoms with E-state index in [9.17, 15) is 0 Å². The lowest BCUT2D eigenvalue weighted by Gasteiger charge is -2.09. The first kappa shape index (κ1) is 25.8. The highest BCUT2D eigenvalue weighted by Gasteiger charge is 2.23. The molecule has 0 saturated heterocycles. The molecule has 0 spiro atoms. The van der Waals surface area contributed by atoms with Crippen molar-refractivity contribution in [1.82, 2.24) is 25.3 Å². The molecular weight excluding hydrogens is 476 g/mol. The number of nitrogens with zero attached hydrogens (tertiary/aromatic N) is 2. The number of imidazole rings is 2. The Kier molecular flexibility index (Phi) is 7.62. The number of rotatable bonds is 7. The summed E-state index contributed by atoms with van der Waals surface area (Å²) in [4.78, 5) is 15.7. The monoisotopic (exact) mass is 512 g/mol. The number of nitrogens with one attached hydrogen (secondary N) is 3. The number of aromatic nitrogens is 4. The van der Waals surface area contributed by atoms with Gasteiger partial charge in [0, 0.05) is 28.5 Å². The van der Waals surface area contributed by atoms with Gasteiger partial charge in [-0.25, -0.2) is 9.97 Å². The quantitative estimate of drug-likeness (QED) is 0.202. The second-order valence-electron chi connectivity index (χ2n) is 9.24. The van der Waals surface area contributed by atoms with Crippen LogP contribution in [0.1, 0.15) is 57.4 Å². The van der Waals surface area contributed by atoms with Crippen LogP contribution in [0, 0.1) is 0 Å². The number of furan rings is 1. The molecule has 198 valence electrons. The van der Waals surface area contributed by atoms with E-state index >= 15 is 0 Å². The van der Waals surface area contributed by atoms with Crippen LogP contribution in [-0.4, -0.2) is 33.1 Å². The third-order valence-electron chi connectivity index (χ3n) is 6.78. The molecule has 0 bridgehead atoms. The molecule has 8 heteroatoms. The van der Waals surface area contributed by atoms with Gasteiger partial charge < -0.3 is 30.2 Å². The molecule has 1 unspecified atom stereocenters. The van der Waals surface area contributed by atoms with Gasteiger partial charge in [-0.05, 0) is 50.2 Å². The van der Waals surface area contributed by atoms with Crippen molar-refractivity contribution in [2.75, 3.05) is 13.2 Å². The molecule has 0 fully saturated rings. The number of hydrogen-bond acceptors (Lipinski definition) is 6. The second kappa shape index (κ2) is 11.2. The van der Waals surface area contributed by atoms with E-state index in [2.05, 4.69) is 63.4 Å². The molecule has 0 radical (unpaired) electrons. The van der Waals surface area contributed by atoms with Crippen LogP contribution in [0.2, 0.25) is 0 Å². The molecule has 2 aromatic carbocycles. The number of hydrogen-bond donors (Lipinski definition) is 4. The highest BCUT2D eigenvalue weighted by Crippen LogP contribution is 2.43. The summed E-state index contributed by atoms with van der Waals surface area (Å²) >= 11 is 0. The Morgan fingerprint density at radius 2 is 1.79 bits per heavy atom. The van der Waals surface area contributed by atoms with Crippen LogP contribution in [0.15, 0.2) is 53.2 Å². The van der Waals surface area contributed by atoms with Crippen molar-refractivity contribution in [3.63, 3.8) is 0 Å². The predicted molar refractivity (Wildman–Crippen MR) is 152 cm³/mol. The van der Waals surface area contributed by atoms with E-state index in [-0.39, 0.29) is 6.04 Å². The lowest BCUT2D eigenvalue weighted by atomic mass is 10.0. The van der Waals surface area contributed by atoms with Crippen LogP contribution in [0.5, 0.6) is 5.75 Å². The average Bonchev–Trinajstić information content (AvgIpc) is 3.69. The van der Waals surface area contributed by atoms with Gasteiger partial charge in [0.1, 0.15) is 28.7 Å². The average molecular weight is 513 g/mol. The summed E-state index contributed by atoms with van der Waals surface area (Å²) in [6.45, 7) is 10.2. The van der Waals surface area contributed by atoms with Gasteiger partial charge in [0.2, 0.25) is 0 Å². The molecule has 5 N–H and O–H groups in total. The Morgan fingerprint density at radius 3 is 2.58 bits per heavy atom. The number of nitrogens with two attached hydrogens (primary N) is 1. The topological polar surface area (TPSA) is 118 Å². The van der Waals surface area contributed by atoms with Gasteiger partial charge in [-0.15, -0.1) is 0 Å². The minimum Gasteiger partial charge on any atom is -0.492 e. The molecule has 3 aromatic heterocycles. The van der Waals surface area contributed by atoms with Crippen molar-refractivity contribution < 1.29 is 9.15 Å². The van der Waals surface area contributed by atoms with Crippen LogP contribution in [0.4, 0.5) is 0 Å². The molecule has 6 rings (SSSR count). The molecule has 1 aliphatic rings. The van der Waals surface area contributed by atoms with Crippen molar-refractivity contribution in [3.05, 3.63) is 66.0 Å². The molecular formula is C30H36N6O2. The summed E-state index contributed by atoms with van der Waals surface area (Å²) in [5, 5.41) is 4.59. The Morgan fingerprint density at radius 1 is 1.03 bits per heavy atom. The van der Waals surface area contributed by atoms with Gasteiger partial charge in [-0.1, -0.05) is 26.8 Å². The molecule has 0 saturated carbocycles. The van der Waals surface area contributed by atoms with Gasteiger partial charge >= 0.3 is 0 Å². The first-order chi connectivity index (χ1) is 18.6. The zero-order valence-corrected chi connectivity index (χ0v) is 22.5. The second-order valence-corrected chi connectivity index (χ2v) is 9.24. The largest absolute Gasteiger partial charge is 0.492 e. The van der Waals surface area contributed by atoms with Crippen LogP contribution in [0.3, 0.4) is 0 Å². The fraction of sp³-hybridized carbons (Fsp3) is 0.333. The predicted octanol–water partition coefficient (Wildman–Crippen LogP) is 6.36. The normalized spacial score (nSPS) is 13.2. The minimum absolute atomic E-state index is 0.176. The third-order valence-corrected chi connectivity index (χ3v) is 6.78. The minimum atomic E-state index is 0.176. The summed E-state index contributed by atoms with van der Waals surface area (Å²) in [6, 6.07) is 12.7. The number of fused-ring (bicyclic) bond motifs is 5. The molecule has 8 nitrogen and oxygen atoms in total. The summed E-state index contributed by atoms with van der Waals surface area (Å²) in [5.74, 6) is 3.38. The standard InChI is InChI=1S/C28H30N6O2.C2H6/c1-3-9-30-16(2)28-32-15-23(34-28)17-5-7-24-21(11-17)19-8-10-35-25-12-18(4-6-20(25)27(19)36-24)22-14-31-26(13-29)33-22;1-2/h4-7,11-12,14-16,30H,3,8-10,13,29H2,1-2H3,(H,31,33)(H,32,34);1-2H3. The van der Waals surface area contributed by atoms with E-state index in [1.54, 1.807) is 6.20 Å². The number of H-pyrrole nitrogens is 2. The Balaban J connectivity index is 0.00000144. The maximum atomic E-state index is 6.39. The Labute approximate surface area is 223 Å². The lowest BCUT2D eigenvalue weighted by Crippen LogP contribution is -2.20. The first-order valence-corrected chi connectivity index (χ1v) is 13.5. The van der Waals surface area contributed by atoms with Crippen molar-refractivity contribution in [2.45, 2.75) is 53.1 Å². The number of aromatic amines is 2. The van der Waals surface area contributed by atoms with E-state index < -0.39 is 0 Å². The number of ether oxygens (including phenoxy) is 1. The summed E-state index contributed by atoms with van der Waals surface area (Å²) in [7, 11) is 0. The fourth-order valence-corrected chi connectivity index (χ4v) is 4.82. The Bertz CT molecular complexity index is 1530. The molecule has 4 heterocycles. The molecule has 0 amide bonds. The highest BCUT2D eigenvalue weighted by molar-refractivity contribution is 5.92. The van der Waals surface area contributed by atoms with E-state index in [1.165, 1.54) is 5.56 Å². The van der Waals surface area contributed by atoms with Crippen molar-refractivity contribution in [3.8, 4) is 39.6 Å². The SMILES string of the molecule is CC.CCCNC(C)c1ncc(-c2ccc3oc4c(c3c2)CCOc2cc(-c3cnc(CN)[nH]3)ccc2-4)[nH]1. The van der Waals surface area contributed by atoms with Crippen molar-refractivity contribution >= 4 is 11.0 Å². The summed E-state index contributed by atoms with van der Waals surface area (Å²) in [5.41, 5.74) is 12.7. The van der Waals surface area contributed by atoms with Crippen LogP contribution in [0.25, 0.3) is 44.8 Å². The highest BCUT2D eigenvalue weighted by atomic mass is 16.5. The molecule has 1 atom stereocenters. The lowest BCUT2D eigenvalue weighted by molar-refractivity contribution is 0.327. The van der Waals surface area contributed by atoms with E-state index in [1.807, 2.05) is 32.2 Å². The summed E-state index contributed by atoms with van der Waals surface area (Å²) < 4.78 is 12.6. The molecule has 5 aromatic rings. The van der Waals surface area contributed by atoms with Crippen molar-refractivity contribution in [1.29, 1.82) is 0 Å². The Hall–Kier alpha value is -3.88. The molecule has 38 heavy (non-hydrogen) atoms. The third kappa shape index (κ3) is 4.85. The van der Waals surface area contributed by atoms with Gasteiger partial charge in [0.05, 0.1) is 48.5 Å². The number of benzene rings is 2. The maximum Gasteiger partial charge on any atom is 0.142 e. The zero-order valence-electron chi connectivity index (χ0n) is 22.5. The van der Waals surface area contributed by atoms with E-state index in [0.29, 0.717) is 13.2 Å². The van der Waals surface area contributed by atoms with Gasteiger partial charge in [0.15, 0.2) is 0 Å². The van der Waals surface area contributed by atoms with Crippen LogP contribution in [-0.2, 0) is 13.0 Å². The first-order valence-electron chi connectivity index (χ1n) is 13.5. The van der Waals surface area contributed by atoms with Crippen LogP contribution >= 0.6 is 0 Å². The van der Waals surface area contributed by atoms with Crippen molar-refractivity contribution in [2.24, 2.45) is 5.73 Å². The molecule has 1 aliphatic heterocycles. The fourth-order valence-electron chi connectivity index (χ4n) is 4.82. The molecule has 0 aliphatic carbocycles. The van der Waals surface area contributed by atoms with E-state index in [4.69, 9.17) is 14.9 Å². The van der Waals surface area contributed by atoms with Gasteiger partial charge in [-0.3, -0.25) is 0 Å². The van der Waals surface area contributed by atoms with Crippen LogP contribution < -0.4 is 15.8 Å². The zero-order chi connectivity index (χ0) is 26.6.